The number of hydrogen-bond donors (Lipinski definition) is 1. The molecule has 0 amide bonds. The minimum absolute atomic E-state index is 0.0948. The van der Waals surface area contributed by atoms with Gasteiger partial charge in [0.05, 0.1) is 23.7 Å². The molecular weight excluding hydrogens is 378 g/mol. The Labute approximate surface area is 169 Å². The molecule has 148 valence electrons. The third-order valence-corrected chi connectivity index (χ3v) is 7.67. The fraction of sp³-hybridized carbons (Fsp3) is 0.700. The average molecular weight is 408 g/mol. The lowest BCUT2D eigenvalue weighted by Gasteiger charge is -2.33. The van der Waals surface area contributed by atoms with Gasteiger partial charge >= 0.3 is 0 Å². The van der Waals surface area contributed by atoms with E-state index in [1.54, 1.807) is 23.1 Å². The Morgan fingerprint density at radius 2 is 2.22 bits per heavy atom. The Balaban J connectivity index is 1.70. The van der Waals surface area contributed by atoms with Crippen LogP contribution >= 0.6 is 23.1 Å². The number of fused-ring (bicyclic) bond motifs is 3. The number of thiophene rings is 1. The van der Waals surface area contributed by atoms with Gasteiger partial charge in [-0.25, -0.2) is 9.97 Å². The third-order valence-electron chi connectivity index (χ3n) is 5.52. The van der Waals surface area contributed by atoms with E-state index in [9.17, 15) is 0 Å². The first-order valence-corrected chi connectivity index (χ1v) is 11.9. The quantitative estimate of drug-likeness (QED) is 0.513. The number of aromatic nitrogens is 2. The molecule has 7 heteroatoms. The molecule has 0 unspecified atom stereocenters. The number of hydrogen-bond acceptors (Lipinski definition) is 7. The second-order valence-corrected chi connectivity index (χ2v) is 9.82. The van der Waals surface area contributed by atoms with Crippen molar-refractivity contribution in [1.82, 2.24) is 9.97 Å². The van der Waals surface area contributed by atoms with Gasteiger partial charge in [0.1, 0.15) is 10.6 Å². The Kier molecular flexibility index (Phi) is 5.92. The van der Waals surface area contributed by atoms with Gasteiger partial charge in [0, 0.05) is 30.2 Å². The maximum atomic E-state index is 6.16. The van der Waals surface area contributed by atoms with Crippen molar-refractivity contribution < 1.29 is 9.47 Å². The lowest BCUT2D eigenvalue weighted by Crippen LogP contribution is -2.34. The predicted molar refractivity (Wildman–Crippen MR) is 113 cm³/mol. The van der Waals surface area contributed by atoms with E-state index in [0.717, 1.165) is 66.8 Å². The maximum Gasteiger partial charge on any atom is 0.190 e. The van der Waals surface area contributed by atoms with Crippen LogP contribution in [-0.4, -0.2) is 40.6 Å². The van der Waals surface area contributed by atoms with Crippen molar-refractivity contribution in [3.63, 3.8) is 0 Å². The SMILES string of the molecule is CCCSc1nc(NC[C@H]2CCCO2)c2c3c(sc2n1)CO[C@](C)(CC)C3. The van der Waals surface area contributed by atoms with Crippen LogP contribution in [0.4, 0.5) is 5.82 Å². The van der Waals surface area contributed by atoms with E-state index in [1.165, 1.54) is 15.8 Å². The maximum absolute atomic E-state index is 6.16. The summed E-state index contributed by atoms with van der Waals surface area (Å²) in [6.07, 6.45) is 5.63. The molecule has 2 aliphatic rings. The van der Waals surface area contributed by atoms with Crippen LogP contribution in [0.15, 0.2) is 5.16 Å². The second kappa shape index (κ2) is 8.23. The third kappa shape index (κ3) is 4.11. The smallest absolute Gasteiger partial charge is 0.190 e. The zero-order chi connectivity index (χ0) is 18.9. The van der Waals surface area contributed by atoms with E-state index in [0.29, 0.717) is 12.7 Å². The van der Waals surface area contributed by atoms with Gasteiger partial charge in [-0.05, 0) is 38.2 Å². The largest absolute Gasteiger partial charge is 0.376 e. The molecule has 4 rings (SSSR count). The van der Waals surface area contributed by atoms with E-state index in [2.05, 4.69) is 26.1 Å². The summed E-state index contributed by atoms with van der Waals surface area (Å²) in [5, 5.41) is 5.68. The minimum atomic E-state index is -0.0948. The highest BCUT2D eigenvalue weighted by molar-refractivity contribution is 7.99. The number of nitrogens with one attached hydrogen (secondary N) is 1. The van der Waals surface area contributed by atoms with Gasteiger partial charge in [0.15, 0.2) is 5.16 Å². The number of nitrogens with zero attached hydrogens (tertiary/aromatic N) is 2. The molecule has 4 heterocycles. The Bertz CT molecular complexity index is 804. The van der Waals surface area contributed by atoms with Crippen molar-refractivity contribution in [2.24, 2.45) is 0 Å². The van der Waals surface area contributed by atoms with Crippen LogP contribution in [-0.2, 0) is 22.5 Å². The van der Waals surface area contributed by atoms with Gasteiger partial charge in [0.25, 0.3) is 0 Å². The van der Waals surface area contributed by atoms with Gasteiger partial charge in [0.2, 0.25) is 0 Å². The van der Waals surface area contributed by atoms with Crippen molar-refractivity contribution in [2.45, 2.75) is 76.3 Å². The molecule has 0 saturated carbocycles. The molecule has 0 aliphatic carbocycles. The summed E-state index contributed by atoms with van der Waals surface area (Å²) < 4.78 is 12.0. The summed E-state index contributed by atoms with van der Waals surface area (Å²) in [4.78, 5) is 12.2. The monoisotopic (exact) mass is 407 g/mol. The van der Waals surface area contributed by atoms with Crippen LogP contribution < -0.4 is 5.32 Å². The highest BCUT2D eigenvalue weighted by Gasteiger charge is 2.33. The number of ether oxygens (including phenoxy) is 2. The first-order chi connectivity index (χ1) is 13.1. The van der Waals surface area contributed by atoms with E-state index in [1.807, 2.05) is 0 Å². The zero-order valence-electron chi connectivity index (χ0n) is 16.5. The highest BCUT2D eigenvalue weighted by Crippen LogP contribution is 2.42. The van der Waals surface area contributed by atoms with Gasteiger partial charge in [-0.15, -0.1) is 11.3 Å². The lowest BCUT2D eigenvalue weighted by molar-refractivity contribution is -0.0542. The van der Waals surface area contributed by atoms with Crippen molar-refractivity contribution >= 4 is 39.1 Å². The van der Waals surface area contributed by atoms with Crippen LogP contribution in [0, 0.1) is 0 Å². The molecule has 0 aromatic carbocycles. The van der Waals surface area contributed by atoms with Crippen molar-refractivity contribution in [3.05, 3.63) is 10.4 Å². The number of thioether (sulfide) groups is 1. The average Bonchev–Trinajstić information content (AvgIpc) is 3.31. The molecular formula is C20H29N3O2S2. The van der Waals surface area contributed by atoms with Gasteiger partial charge in [-0.2, -0.15) is 0 Å². The summed E-state index contributed by atoms with van der Waals surface area (Å²) >= 11 is 3.51. The molecule has 2 atom stereocenters. The normalized spacial score (nSPS) is 25.1. The van der Waals surface area contributed by atoms with Crippen molar-refractivity contribution in [3.8, 4) is 0 Å². The first kappa shape index (κ1) is 19.4. The molecule has 5 nitrogen and oxygen atoms in total. The fourth-order valence-corrected chi connectivity index (χ4v) is 5.54. The van der Waals surface area contributed by atoms with E-state index in [4.69, 9.17) is 19.4 Å². The summed E-state index contributed by atoms with van der Waals surface area (Å²) in [5.41, 5.74) is 1.29. The van der Waals surface area contributed by atoms with E-state index < -0.39 is 0 Å². The summed E-state index contributed by atoms with van der Waals surface area (Å²) in [7, 11) is 0. The summed E-state index contributed by atoms with van der Waals surface area (Å²) in [6.45, 7) is 8.98. The summed E-state index contributed by atoms with van der Waals surface area (Å²) in [6, 6.07) is 0. The molecule has 2 aromatic rings. The number of anilines is 1. The highest BCUT2D eigenvalue weighted by atomic mass is 32.2. The Morgan fingerprint density at radius 1 is 1.33 bits per heavy atom. The standard InChI is InChI=1S/C20H29N3O2S2/c1-4-9-26-19-22-17(21-11-13-7-6-8-24-13)16-14-10-20(3,5-2)25-12-15(14)27-18(16)23-19/h13H,4-12H2,1-3H3,(H,21,22,23)/t13-,20-/m1/s1. The predicted octanol–water partition coefficient (Wildman–Crippen LogP) is 5.03. The second-order valence-electron chi connectivity index (χ2n) is 7.67. The molecule has 1 saturated heterocycles. The van der Waals surface area contributed by atoms with Crippen LogP contribution in [0.5, 0.6) is 0 Å². The lowest BCUT2D eigenvalue weighted by atomic mass is 9.90. The summed E-state index contributed by atoms with van der Waals surface area (Å²) in [5.74, 6) is 2.02. The van der Waals surface area contributed by atoms with Crippen LogP contribution in [0.3, 0.4) is 0 Å². The molecule has 27 heavy (non-hydrogen) atoms. The van der Waals surface area contributed by atoms with Crippen LogP contribution in [0.25, 0.3) is 10.2 Å². The molecule has 0 bridgehead atoms. The van der Waals surface area contributed by atoms with E-state index >= 15 is 0 Å². The molecule has 2 aliphatic heterocycles. The fourth-order valence-electron chi connectivity index (χ4n) is 3.68. The number of rotatable bonds is 7. The molecule has 1 fully saturated rings. The molecule has 1 N–H and O–H groups in total. The first-order valence-electron chi connectivity index (χ1n) is 10.1. The van der Waals surface area contributed by atoms with E-state index in [-0.39, 0.29) is 5.60 Å². The van der Waals surface area contributed by atoms with Crippen LogP contribution in [0.1, 0.15) is 56.9 Å². The van der Waals surface area contributed by atoms with Crippen molar-refractivity contribution in [2.75, 3.05) is 24.2 Å². The molecule has 0 spiro atoms. The minimum Gasteiger partial charge on any atom is -0.376 e. The van der Waals surface area contributed by atoms with Gasteiger partial charge < -0.3 is 14.8 Å². The Morgan fingerprint density at radius 3 is 2.96 bits per heavy atom. The van der Waals surface area contributed by atoms with Gasteiger partial charge in [-0.1, -0.05) is 25.6 Å². The van der Waals surface area contributed by atoms with Crippen molar-refractivity contribution in [1.29, 1.82) is 0 Å². The topological polar surface area (TPSA) is 56.3 Å². The molecule has 0 radical (unpaired) electrons. The molecule has 2 aromatic heterocycles. The Hall–Kier alpha value is -0.890. The van der Waals surface area contributed by atoms with Gasteiger partial charge in [-0.3, -0.25) is 0 Å². The van der Waals surface area contributed by atoms with Crippen LogP contribution in [0.2, 0.25) is 0 Å². The zero-order valence-corrected chi connectivity index (χ0v) is 18.1.